The predicted molar refractivity (Wildman–Crippen MR) is 59.5 cm³/mol. The monoisotopic (exact) mass is 211 g/mol. The van der Waals surface area contributed by atoms with Crippen LogP contribution >= 0.6 is 0 Å². The Labute approximate surface area is 87.0 Å². The number of nitro groups is 1. The van der Waals surface area contributed by atoms with Crippen LogP contribution in [0.1, 0.15) is 0 Å². The second-order valence-corrected chi connectivity index (χ2v) is 2.76. The minimum absolute atomic E-state index is 0.0565. The van der Waals surface area contributed by atoms with Crippen molar-refractivity contribution in [2.24, 2.45) is 0 Å². The molecule has 1 aromatic rings. The van der Waals surface area contributed by atoms with Crippen LogP contribution in [0.15, 0.2) is 6.07 Å². The fourth-order valence-electron chi connectivity index (χ4n) is 1.22. The van der Waals surface area contributed by atoms with Crippen LogP contribution < -0.4 is 16.0 Å². The van der Waals surface area contributed by atoms with Crippen LogP contribution in [-0.4, -0.2) is 31.1 Å². The van der Waals surface area contributed by atoms with E-state index in [0.29, 0.717) is 11.5 Å². The lowest BCUT2D eigenvalue weighted by Crippen LogP contribution is -2.05. The Bertz CT molecular complexity index is 354. The van der Waals surface area contributed by atoms with Crippen LogP contribution in [0.25, 0.3) is 0 Å². The zero-order chi connectivity index (χ0) is 11.4. The molecule has 0 amide bonds. The molecular formula is C8H13N5O2. The number of anilines is 3. The van der Waals surface area contributed by atoms with Gasteiger partial charge in [0.15, 0.2) is 0 Å². The summed E-state index contributed by atoms with van der Waals surface area (Å²) in [4.78, 5) is 14.4. The Balaban J connectivity index is 3.39. The normalized spacial score (nSPS) is 9.53. The van der Waals surface area contributed by atoms with E-state index < -0.39 is 4.92 Å². The molecule has 1 heterocycles. The van der Waals surface area contributed by atoms with Gasteiger partial charge >= 0.3 is 5.69 Å². The number of rotatable bonds is 4. The van der Waals surface area contributed by atoms with Crippen molar-refractivity contribution in [3.05, 3.63) is 16.2 Å². The number of nitrogens with zero attached hydrogens (tertiary/aromatic N) is 2. The Morgan fingerprint density at radius 3 is 2.33 bits per heavy atom. The quantitative estimate of drug-likeness (QED) is 0.510. The first-order chi connectivity index (χ1) is 7.13. The van der Waals surface area contributed by atoms with Gasteiger partial charge in [-0.1, -0.05) is 0 Å². The third-order valence-electron chi connectivity index (χ3n) is 1.94. The van der Waals surface area contributed by atoms with Gasteiger partial charge < -0.3 is 16.0 Å². The minimum atomic E-state index is -0.468. The van der Waals surface area contributed by atoms with Crippen molar-refractivity contribution in [2.75, 3.05) is 37.1 Å². The highest BCUT2D eigenvalue weighted by atomic mass is 16.6. The van der Waals surface area contributed by atoms with E-state index >= 15 is 0 Å². The van der Waals surface area contributed by atoms with Gasteiger partial charge in [0.05, 0.1) is 4.92 Å². The molecule has 0 fully saturated rings. The van der Waals surface area contributed by atoms with Crippen molar-refractivity contribution in [3.63, 3.8) is 0 Å². The third-order valence-corrected chi connectivity index (χ3v) is 1.94. The van der Waals surface area contributed by atoms with Crippen molar-refractivity contribution in [1.29, 1.82) is 0 Å². The lowest BCUT2D eigenvalue weighted by Gasteiger charge is -2.09. The van der Waals surface area contributed by atoms with Crippen LogP contribution in [0, 0.1) is 10.1 Å². The second-order valence-electron chi connectivity index (χ2n) is 2.76. The minimum Gasteiger partial charge on any atom is -0.382 e. The summed E-state index contributed by atoms with van der Waals surface area (Å²) in [6.45, 7) is 0. The van der Waals surface area contributed by atoms with Crippen LogP contribution in [0.2, 0.25) is 0 Å². The van der Waals surface area contributed by atoms with E-state index in [-0.39, 0.29) is 11.5 Å². The summed E-state index contributed by atoms with van der Waals surface area (Å²) in [5, 5.41) is 19.1. The average molecular weight is 211 g/mol. The van der Waals surface area contributed by atoms with Crippen molar-refractivity contribution in [1.82, 2.24) is 4.98 Å². The van der Waals surface area contributed by atoms with Crippen molar-refractivity contribution < 1.29 is 4.92 Å². The summed E-state index contributed by atoms with van der Waals surface area (Å²) in [7, 11) is 4.92. The molecule has 0 radical (unpaired) electrons. The summed E-state index contributed by atoms with van der Waals surface area (Å²) in [6, 6.07) is 1.58. The molecule has 0 atom stereocenters. The molecule has 0 aliphatic carbocycles. The van der Waals surface area contributed by atoms with Gasteiger partial charge in [0, 0.05) is 27.2 Å². The fourth-order valence-corrected chi connectivity index (χ4v) is 1.22. The summed E-state index contributed by atoms with van der Waals surface area (Å²) in [5.41, 5.74) is 0.364. The molecular weight excluding hydrogens is 198 g/mol. The van der Waals surface area contributed by atoms with Gasteiger partial charge in [-0.25, -0.2) is 4.98 Å². The number of hydrogen-bond acceptors (Lipinski definition) is 6. The molecule has 15 heavy (non-hydrogen) atoms. The Morgan fingerprint density at radius 1 is 1.27 bits per heavy atom. The second kappa shape index (κ2) is 4.45. The molecule has 0 aliphatic rings. The molecule has 0 saturated carbocycles. The first-order valence-electron chi connectivity index (χ1n) is 4.36. The number of hydrogen-bond donors (Lipinski definition) is 3. The summed E-state index contributed by atoms with van der Waals surface area (Å²) < 4.78 is 0. The zero-order valence-corrected chi connectivity index (χ0v) is 8.79. The summed E-state index contributed by atoms with van der Waals surface area (Å²) >= 11 is 0. The van der Waals surface area contributed by atoms with Crippen LogP contribution in [-0.2, 0) is 0 Å². The van der Waals surface area contributed by atoms with E-state index in [9.17, 15) is 10.1 Å². The summed E-state index contributed by atoms with van der Waals surface area (Å²) in [6.07, 6.45) is 0. The lowest BCUT2D eigenvalue weighted by molar-refractivity contribution is -0.383. The molecule has 7 nitrogen and oxygen atoms in total. The van der Waals surface area contributed by atoms with Crippen molar-refractivity contribution >= 4 is 23.0 Å². The molecule has 0 spiro atoms. The topological polar surface area (TPSA) is 92.1 Å². The van der Waals surface area contributed by atoms with Gasteiger partial charge in [-0.15, -0.1) is 0 Å². The molecule has 0 aromatic carbocycles. The highest BCUT2D eigenvalue weighted by molar-refractivity contribution is 5.76. The molecule has 0 bridgehead atoms. The van der Waals surface area contributed by atoms with Gasteiger partial charge in [0.25, 0.3) is 0 Å². The largest absolute Gasteiger partial charge is 0.382 e. The first kappa shape index (κ1) is 11.0. The summed E-state index contributed by atoms with van der Waals surface area (Å²) in [5.74, 6) is 0.797. The predicted octanol–water partition coefficient (Wildman–Crippen LogP) is 1.11. The SMILES string of the molecule is CNc1cc(NC)c([N+](=O)[O-])c(NC)n1. The molecule has 0 aliphatic heterocycles. The highest BCUT2D eigenvalue weighted by Gasteiger charge is 2.21. The molecule has 0 unspecified atom stereocenters. The smallest absolute Gasteiger partial charge is 0.334 e. The Kier molecular flexibility index (Phi) is 3.27. The molecule has 1 aromatic heterocycles. The van der Waals surface area contributed by atoms with Gasteiger partial charge in [0.1, 0.15) is 11.5 Å². The average Bonchev–Trinajstić information content (AvgIpc) is 2.26. The van der Waals surface area contributed by atoms with Gasteiger partial charge in [-0.05, 0) is 0 Å². The van der Waals surface area contributed by atoms with E-state index in [2.05, 4.69) is 20.9 Å². The van der Waals surface area contributed by atoms with E-state index in [1.807, 2.05) is 0 Å². The highest BCUT2D eigenvalue weighted by Crippen LogP contribution is 2.32. The van der Waals surface area contributed by atoms with E-state index in [4.69, 9.17) is 0 Å². The molecule has 7 heteroatoms. The van der Waals surface area contributed by atoms with E-state index in [0.717, 1.165) is 0 Å². The van der Waals surface area contributed by atoms with E-state index in [1.54, 1.807) is 27.2 Å². The van der Waals surface area contributed by atoms with Gasteiger partial charge in [-0.3, -0.25) is 10.1 Å². The van der Waals surface area contributed by atoms with Crippen molar-refractivity contribution in [2.45, 2.75) is 0 Å². The zero-order valence-electron chi connectivity index (χ0n) is 8.79. The molecule has 82 valence electrons. The van der Waals surface area contributed by atoms with Crippen LogP contribution in [0.3, 0.4) is 0 Å². The maximum Gasteiger partial charge on any atom is 0.334 e. The molecule has 1 rings (SSSR count). The van der Waals surface area contributed by atoms with Crippen LogP contribution in [0.5, 0.6) is 0 Å². The number of pyridine rings is 1. The fraction of sp³-hybridized carbons (Fsp3) is 0.375. The standard InChI is InChI=1S/C8H13N5O2/c1-9-5-4-6(10-2)12-8(11-3)7(5)13(14)15/h4H,1-3H3,(H3,9,10,11,12). The van der Waals surface area contributed by atoms with Crippen molar-refractivity contribution in [3.8, 4) is 0 Å². The Hall–Kier alpha value is -2.05. The molecule has 3 N–H and O–H groups in total. The number of nitrogens with one attached hydrogen (secondary N) is 3. The number of aromatic nitrogens is 1. The maximum atomic E-state index is 10.8. The maximum absolute atomic E-state index is 10.8. The lowest BCUT2D eigenvalue weighted by atomic mass is 10.3. The van der Waals surface area contributed by atoms with Gasteiger partial charge in [-0.2, -0.15) is 0 Å². The first-order valence-corrected chi connectivity index (χ1v) is 4.36. The van der Waals surface area contributed by atoms with Crippen LogP contribution in [0.4, 0.5) is 23.0 Å². The van der Waals surface area contributed by atoms with Gasteiger partial charge in [0.2, 0.25) is 5.82 Å². The molecule has 0 saturated heterocycles. The third kappa shape index (κ3) is 2.06. The Morgan fingerprint density at radius 2 is 1.93 bits per heavy atom. The van der Waals surface area contributed by atoms with E-state index in [1.165, 1.54) is 0 Å².